The maximum atomic E-state index is 12.1. The fraction of sp³-hybridized carbons (Fsp3) is 0.353. The summed E-state index contributed by atoms with van der Waals surface area (Å²) in [7, 11) is 0. The number of carbonyl (C=O) groups excluding carboxylic acids is 2. The molecule has 2 aromatic rings. The van der Waals surface area contributed by atoms with Gasteiger partial charge in [0.15, 0.2) is 0 Å². The van der Waals surface area contributed by atoms with Crippen molar-refractivity contribution >= 4 is 40.2 Å². The van der Waals surface area contributed by atoms with Crippen LogP contribution in [0.5, 0.6) is 0 Å². The highest BCUT2D eigenvalue weighted by atomic mass is 16.6. The van der Waals surface area contributed by atoms with Gasteiger partial charge in [-0.15, -0.1) is 0 Å². The molecule has 0 aromatic carbocycles. The zero-order valence-electron chi connectivity index (χ0n) is 14.0. The number of rotatable bonds is 3. The van der Waals surface area contributed by atoms with Gasteiger partial charge in [0, 0.05) is 11.6 Å². The number of nitriles is 1. The van der Waals surface area contributed by atoms with Crippen molar-refractivity contribution in [3.8, 4) is 6.07 Å². The average Bonchev–Trinajstić information content (AvgIpc) is 3.33. The van der Waals surface area contributed by atoms with Crippen LogP contribution in [-0.2, 0) is 9.53 Å². The minimum atomic E-state index is -0.470. The van der Waals surface area contributed by atoms with Gasteiger partial charge in [0.1, 0.15) is 24.1 Å². The summed E-state index contributed by atoms with van der Waals surface area (Å²) in [6.07, 6.45) is 1.63. The van der Waals surface area contributed by atoms with Crippen LogP contribution in [0.25, 0.3) is 10.8 Å². The molecule has 2 aliphatic rings. The predicted molar refractivity (Wildman–Crippen MR) is 93.1 cm³/mol. The van der Waals surface area contributed by atoms with Crippen LogP contribution in [0.3, 0.4) is 0 Å². The Morgan fingerprint density at radius 3 is 2.96 bits per heavy atom. The third-order valence-corrected chi connectivity index (χ3v) is 4.61. The van der Waals surface area contributed by atoms with Gasteiger partial charge in [-0.1, -0.05) is 0 Å². The van der Waals surface area contributed by atoms with Crippen molar-refractivity contribution in [1.82, 2.24) is 9.97 Å². The predicted octanol–water partition coefficient (Wildman–Crippen LogP) is 1.66. The number of nitrogens with zero attached hydrogens (tertiary/aromatic N) is 4. The zero-order chi connectivity index (χ0) is 18.4. The number of anilines is 3. The van der Waals surface area contributed by atoms with Crippen LogP contribution < -0.4 is 16.0 Å². The molecular weight excluding hydrogens is 336 g/mol. The molecule has 1 saturated carbocycles. The van der Waals surface area contributed by atoms with E-state index in [0.717, 1.165) is 0 Å². The fourth-order valence-corrected chi connectivity index (χ4v) is 3.03. The third-order valence-electron chi connectivity index (χ3n) is 4.61. The van der Waals surface area contributed by atoms with E-state index in [-0.39, 0.29) is 36.2 Å². The molecule has 1 aliphatic carbocycles. The highest BCUT2D eigenvalue weighted by Crippen LogP contribution is 2.38. The van der Waals surface area contributed by atoms with Gasteiger partial charge >= 0.3 is 6.09 Å². The number of pyridine rings is 2. The number of aromatic nitrogens is 2. The molecule has 26 heavy (non-hydrogen) atoms. The Morgan fingerprint density at radius 2 is 2.31 bits per heavy atom. The number of cyclic esters (lactones) is 1. The second-order valence-corrected chi connectivity index (χ2v) is 6.52. The summed E-state index contributed by atoms with van der Waals surface area (Å²) in [5.74, 6) is 0.268. The first kappa shape index (κ1) is 16.1. The molecule has 3 N–H and O–H groups in total. The van der Waals surface area contributed by atoms with Gasteiger partial charge < -0.3 is 15.8 Å². The lowest BCUT2D eigenvalue weighted by molar-refractivity contribution is -0.117. The Labute approximate surface area is 148 Å². The fourth-order valence-electron chi connectivity index (χ4n) is 3.03. The summed E-state index contributed by atoms with van der Waals surface area (Å²) in [5.41, 5.74) is 6.01. The number of amides is 2. The van der Waals surface area contributed by atoms with Gasteiger partial charge in [-0.3, -0.25) is 9.69 Å². The maximum Gasteiger partial charge on any atom is 0.415 e. The number of carbonyl (C=O) groups is 2. The van der Waals surface area contributed by atoms with E-state index in [0.29, 0.717) is 28.8 Å². The van der Waals surface area contributed by atoms with Crippen molar-refractivity contribution in [3.05, 3.63) is 18.3 Å². The Balaban J connectivity index is 1.65. The topological polar surface area (TPSA) is 134 Å². The first-order valence-electron chi connectivity index (χ1n) is 8.20. The zero-order valence-corrected chi connectivity index (χ0v) is 14.0. The standard InChI is InChI=1S/C17H16N6O3/c1-8-7-26-17(25)23(8)14-4-9-3-13(20-6-12(9)15(19)22-14)21-16(24)11-2-10(11)5-18/h3-4,6,8,10-11H,2,7H2,1H3,(H2,19,22)(H,20,21,24)/t8-,10+,11-/m0/s1. The van der Waals surface area contributed by atoms with E-state index in [2.05, 4.69) is 21.4 Å². The highest BCUT2D eigenvalue weighted by molar-refractivity contribution is 5.99. The number of ether oxygens (including phenoxy) is 1. The number of fused-ring (bicyclic) bond motifs is 1. The SMILES string of the molecule is C[C@H]1COC(=O)N1c1cc2cc(NC(=O)[C@H]3C[C@@H]3C#N)ncc2c(N)n1. The summed E-state index contributed by atoms with van der Waals surface area (Å²) in [6, 6.07) is 5.32. The molecule has 4 rings (SSSR count). The number of nitrogens with one attached hydrogen (secondary N) is 1. The molecule has 2 fully saturated rings. The lowest BCUT2D eigenvalue weighted by atomic mass is 10.2. The van der Waals surface area contributed by atoms with Crippen molar-refractivity contribution in [2.24, 2.45) is 11.8 Å². The molecule has 3 atom stereocenters. The van der Waals surface area contributed by atoms with E-state index < -0.39 is 6.09 Å². The van der Waals surface area contributed by atoms with Crippen LogP contribution >= 0.6 is 0 Å². The second-order valence-electron chi connectivity index (χ2n) is 6.52. The van der Waals surface area contributed by atoms with Crippen molar-refractivity contribution in [3.63, 3.8) is 0 Å². The molecule has 9 heteroatoms. The molecule has 2 amide bonds. The second kappa shape index (κ2) is 5.84. The van der Waals surface area contributed by atoms with Gasteiger partial charge in [0.2, 0.25) is 5.91 Å². The molecule has 9 nitrogen and oxygen atoms in total. The number of hydrogen-bond acceptors (Lipinski definition) is 7. The summed E-state index contributed by atoms with van der Waals surface area (Å²) >= 11 is 0. The summed E-state index contributed by atoms with van der Waals surface area (Å²) in [6.45, 7) is 2.14. The van der Waals surface area contributed by atoms with Crippen molar-refractivity contribution in [2.45, 2.75) is 19.4 Å². The quantitative estimate of drug-likeness (QED) is 0.857. The van der Waals surface area contributed by atoms with Crippen LogP contribution in [0.4, 0.5) is 22.2 Å². The maximum absolute atomic E-state index is 12.1. The van der Waals surface area contributed by atoms with Crippen LogP contribution in [0.1, 0.15) is 13.3 Å². The first-order valence-corrected chi connectivity index (χ1v) is 8.20. The van der Waals surface area contributed by atoms with Crippen LogP contribution in [0.2, 0.25) is 0 Å². The molecule has 2 aromatic heterocycles. The van der Waals surface area contributed by atoms with Crippen molar-refractivity contribution in [2.75, 3.05) is 22.6 Å². The average molecular weight is 352 g/mol. The minimum absolute atomic E-state index is 0.148. The molecule has 0 radical (unpaired) electrons. The van der Waals surface area contributed by atoms with E-state index >= 15 is 0 Å². The number of nitrogens with two attached hydrogens (primary N) is 1. The molecule has 0 bridgehead atoms. The Hall–Kier alpha value is -3.41. The molecule has 1 saturated heterocycles. The number of hydrogen-bond donors (Lipinski definition) is 2. The van der Waals surface area contributed by atoms with Crippen LogP contribution in [0, 0.1) is 23.2 Å². The molecular formula is C17H16N6O3. The van der Waals surface area contributed by atoms with Gasteiger partial charge in [0.05, 0.1) is 23.9 Å². The van der Waals surface area contributed by atoms with E-state index in [4.69, 9.17) is 15.7 Å². The van der Waals surface area contributed by atoms with Gasteiger partial charge in [-0.25, -0.2) is 14.8 Å². The molecule has 0 unspecified atom stereocenters. The van der Waals surface area contributed by atoms with Crippen molar-refractivity contribution in [1.29, 1.82) is 5.26 Å². The summed E-state index contributed by atoms with van der Waals surface area (Å²) < 4.78 is 5.02. The molecule has 0 spiro atoms. The summed E-state index contributed by atoms with van der Waals surface area (Å²) in [5, 5.41) is 12.9. The van der Waals surface area contributed by atoms with Crippen LogP contribution in [0.15, 0.2) is 18.3 Å². The van der Waals surface area contributed by atoms with Crippen LogP contribution in [-0.4, -0.2) is 34.6 Å². The Morgan fingerprint density at radius 1 is 1.50 bits per heavy atom. The Bertz CT molecular complexity index is 969. The van der Waals surface area contributed by atoms with E-state index in [1.54, 1.807) is 12.1 Å². The molecule has 132 valence electrons. The van der Waals surface area contributed by atoms with Gasteiger partial charge in [-0.05, 0) is 30.9 Å². The van der Waals surface area contributed by atoms with E-state index in [1.165, 1.54) is 11.1 Å². The lowest BCUT2D eigenvalue weighted by Crippen LogP contribution is -2.31. The number of nitrogen functional groups attached to an aromatic ring is 1. The lowest BCUT2D eigenvalue weighted by Gasteiger charge is -2.18. The third kappa shape index (κ3) is 2.65. The Kier molecular flexibility index (Phi) is 3.61. The largest absolute Gasteiger partial charge is 0.447 e. The van der Waals surface area contributed by atoms with E-state index in [9.17, 15) is 9.59 Å². The molecule has 3 heterocycles. The normalized spacial score (nSPS) is 24.2. The molecule has 1 aliphatic heterocycles. The smallest absolute Gasteiger partial charge is 0.415 e. The monoisotopic (exact) mass is 352 g/mol. The van der Waals surface area contributed by atoms with Gasteiger partial charge in [-0.2, -0.15) is 5.26 Å². The first-order chi connectivity index (χ1) is 12.5. The minimum Gasteiger partial charge on any atom is -0.447 e. The van der Waals surface area contributed by atoms with Crippen molar-refractivity contribution < 1.29 is 14.3 Å². The highest BCUT2D eigenvalue weighted by Gasteiger charge is 2.43. The summed E-state index contributed by atoms with van der Waals surface area (Å²) in [4.78, 5) is 33.9. The van der Waals surface area contributed by atoms with Gasteiger partial charge in [0.25, 0.3) is 0 Å². The van der Waals surface area contributed by atoms with E-state index in [1.807, 2.05) is 6.92 Å².